The number of ether oxygens (including phenoxy) is 1. The Balaban J connectivity index is 2.06. The van der Waals surface area contributed by atoms with E-state index in [1.165, 1.54) is 11.4 Å². The van der Waals surface area contributed by atoms with Gasteiger partial charge >= 0.3 is 0 Å². The second kappa shape index (κ2) is 8.75. The van der Waals surface area contributed by atoms with Crippen molar-refractivity contribution in [3.63, 3.8) is 0 Å². The van der Waals surface area contributed by atoms with E-state index in [-0.39, 0.29) is 31.6 Å². The molecule has 140 valence electrons. The third-order valence-electron chi connectivity index (χ3n) is 4.39. The molecule has 1 fully saturated rings. The molecule has 1 heterocycles. The van der Waals surface area contributed by atoms with Gasteiger partial charge in [-0.25, -0.2) is 0 Å². The van der Waals surface area contributed by atoms with Gasteiger partial charge in [0.2, 0.25) is 5.91 Å². The average molecular weight is 369 g/mol. The van der Waals surface area contributed by atoms with Gasteiger partial charge in [0.05, 0.1) is 19.3 Å². The molecular formula is C17H27N3O4S. The smallest absolute Gasteiger partial charge is 0.282 e. The summed E-state index contributed by atoms with van der Waals surface area (Å²) in [5.41, 5.74) is 0.948. The number of carbonyl (C=O) groups excluding carboxylic acids is 1. The lowest BCUT2D eigenvalue weighted by atomic mass is 10.1. The molecule has 0 saturated carbocycles. The molecule has 1 atom stereocenters. The van der Waals surface area contributed by atoms with Gasteiger partial charge in [-0.3, -0.25) is 4.79 Å². The molecule has 0 spiro atoms. The molecule has 0 bridgehead atoms. The first kappa shape index (κ1) is 19.8. The molecule has 0 aliphatic carbocycles. The Morgan fingerprint density at radius 1 is 1.24 bits per heavy atom. The highest BCUT2D eigenvalue weighted by atomic mass is 32.2. The second-order valence-corrected chi connectivity index (χ2v) is 7.99. The summed E-state index contributed by atoms with van der Waals surface area (Å²) in [6.07, 6.45) is -0.295. The van der Waals surface area contributed by atoms with Gasteiger partial charge < -0.3 is 9.64 Å². The van der Waals surface area contributed by atoms with E-state index in [1.54, 1.807) is 4.90 Å². The standard InChI is InChI=1S/C17H27N3O4S/c1-4-19(5-2)17(21)14-18(3)25(22,23)20-11-12-24-16(13-20)15-9-7-6-8-10-15/h6-10,16H,4-5,11-14H2,1-3H3/t16-/m1/s1. The van der Waals surface area contributed by atoms with Crippen molar-refractivity contribution in [3.8, 4) is 0 Å². The Kier molecular flexibility index (Phi) is 6.95. The summed E-state index contributed by atoms with van der Waals surface area (Å²) in [6.45, 7) is 5.60. The fourth-order valence-electron chi connectivity index (χ4n) is 2.85. The molecule has 8 heteroatoms. The molecule has 1 amide bonds. The van der Waals surface area contributed by atoms with E-state index < -0.39 is 10.2 Å². The minimum absolute atomic E-state index is 0.155. The number of nitrogens with zero attached hydrogens (tertiary/aromatic N) is 3. The highest BCUT2D eigenvalue weighted by molar-refractivity contribution is 7.86. The molecule has 1 aromatic rings. The second-order valence-electron chi connectivity index (χ2n) is 5.96. The van der Waals surface area contributed by atoms with Crippen molar-refractivity contribution in [1.29, 1.82) is 0 Å². The van der Waals surface area contributed by atoms with E-state index in [1.807, 2.05) is 44.2 Å². The van der Waals surface area contributed by atoms with Crippen molar-refractivity contribution in [3.05, 3.63) is 35.9 Å². The topological polar surface area (TPSA) is 70.2 Å². The zero-order chi connectivity index (χ0) is 18.4. The number of carbonyl (C=O) groups is 1. The van der Waals surface area contributed by atoms with Crippen molar-refractivity contribution in [2.75, 3.05) is 46.4 Å². The van der Waals surface area contributed by atoms with Crippen molar-refractivity contribution >= 4 is 16.1 Å². The number of amides is 1. The van der Waals surface area contributed by atoms with Crippen molar-refractivity contribution < 1.29 is 17.9 Å². The Hall–Kier alpha value is -1.48. The number of morpholine rings is 1. The number of benzene rings is 1. The van der Waals surface area contributed by atoms with Crippen LogP contribution in [0.25, 0.3) is 0 Å². The summed E-state index contributed by atoms with van der Waals surface area (Å²) in [7, 11) is -2.26. The first-order chi connectivity index (χ1) is 11.9. The van der Waals surface area contributed by atoms with Gasteiger partial charge in [0.1, 0.15) is 0 Å². The summed E-state index contributed by atoms with van der Waals surface area (Å²) in [5, 5.41) is 0. The van der Waals surface area contributed by atoms with Crippen LogP contribution in [0, 0.1) is 0 Å². The van der Waals surface area contributed by atoms with E-state index in [4.69, 9.17) is 4.74 Å². The molecule has 0 aromatic heterocycles. The van der Waals surface area contributed by atoms with E-state index in [0.29, 0.717) is 19.7 Å². The predicted molar refractivity (Wildman–Crippen MR) is 96.2 cm³/mol. The SMILES string of the molecule is CCN(CC)C(=O)CN(C)S(=O)(=O)N1CCO[C@@H](c2ccccc2)C1. The molecule has 0 N–H and O–H groups in total. The Morgan fingerprint density at radius 3 is 2.48 bits per heavy atom. The molecule has 1 aliphatic rings. The van der Waals surface area contributed by atoms with Crippen LogP contribution in [-0.2, 0) is 19.7 Å². The summed E-state index contributed by atoms with van der Waals surface area (Å²) < 4.78 is 33.9. The van der Waals surface area contributed by atoms with E-state index in [2.05, 4.69) is 0 Å². The van der Waals surface area contributed by atoms with Gasteiger partial charge in [-0.1, -0.05) is 30.3 Å². The first-order valence-corrected chi connectivity index (χ1v) is 9.95. The third-order valence-corrected chi connectivity index (χ3v) is 6.30. The van der Waals surface area contributed by atoms with E-state index >= 15 is 0 Å². The number of likely N-dealkylation sites (N-methyl/N-ethyl adjacent to an activating group) is 2. The molecule has 7 nitrogen and oxygen atoms in total. The van der Waals surface area contributed by atoms with Crippen LogP contribution in [0.4, 0.5) is 0 Å². The maximum Gasteiger partial charge on any atom is 0.282 e. The van der Waals surface area contributed by atoms with Gasteiger partial charge in [-0.2, -0.15) is 17.0 Å². The zero-order valence-corrected chi connectivity index (χ0v) is 15.9. The minimum atomic E-state index is -3.71. The minimum Gasteiger partial charge on any atom is -0.371 e. The monoisotopic (exact) mass is 369 g/mol. The van der Waals surface area contributed by atoms with Crippen LogP contribution in [0.15, 0.2) is 30.3 Å². The summed E-state index contributed by atoms with van der Waals surface area (Å²) in [5.74, 6) is -0.191. The van der Waals surface area contributed by atoms with Gasteiger partial charge in [0, 0.05) is 33.2 Å². The van der Waals surface area contributed by atoms with Crippen molar-refractivity contribution in [2.45, 2.75) is 20.0 Å². The molecule has 1 saturated heterocycles. The van der Waals surface area contributed by atoms with Crippen LogP contribution in [0.2, 0.25) is 0 Å². The predicted octanol–water partition coefficient (Wildman–Crippen LogP) is 1.10. The third kappa shape index (κ3) is 4.78. The van der Waals surface area contributed by atoms with Crippen LogP contribution < -0.4 is 0 Å². The number of rotatable bonds is 7. The van der Waals surface area contributed by atoms with Crippen LogP contribution >= 0.6 is 0 Å². The van der Waals surface area contributed by atoms with E-state index in [9.17, 15) is 13.2 Å². The maximum atomic E-state index is 12.8. The lowest BCUT2D eigenvalue weighted by molar-refractivity contribution is -0.130. The van der Waals surface area contributed by atoms with Gasteiger partial charge in [-0.05, 0) is 19.4 Å². The molecule has 0 unspecified atom stereocenters. The van der Waals surface area contributed by atoms with Crippen molar-refractivity contribution in [1.82, 2.24) is 13.5 Å². The lowest BCUT2D eigenvalue weighted by Gasteiger charge is -2.35. The normalized spacial score (nSPS) is 19.1. The molecule has 0 radical (unpaired) electrons. The van der Waals surface area contributed by atoms with E-state index in [0.717, 1.165) is 9.87 Å². The Bertz CT molecular complexity index is 662. The number of hydrogen-bond donors (Lipinski definition) is 0. The number of hydrogen-bond acceptors (Lipinski definition) is 4. The summed E-state index contributed by atoms with van der Waals surface area (Å²) in [6, 6.07) is 9.57. The Labute approximate surface area is 150 Å². The molecule has 1 aliphatic heterocycles. The zero-order valence-electron chi connectivity index (χ0n) is 15.1. The Morgan fingerprint density at radius 2 is 1.88 bits per heavy atom. The fraction of sp³-hybridized carbons (Fsp3) is 0.588. The first-order valence-electron chi connectivity index (χ1n) is 8.55. The fourth-order valence-corrected chi connectivity index (χ4v) is 4.15. The van der Waals surface area contributed by atoms with Gasteiger partial charge in [-0.15, -0.1) is 0 Å². The van der Waals surface area contributed by atoms with Crippen LogP contribution in [0.3, 0.4) is 0 Å². The van der Waals surface area contributed by atoms with Gasteiger partial charge in [0.15, 0.2) is 0 Å². The van der Waals surface area contributed by atoms with Crippen LogP contribution in [-0.4, -0.2) is 74.2 Å². The quantitative estimate of drug-likeness (QED) is 0.722. The van der Waals surface area contributed by atoms with Gasteiger partial charge in [0.25, 0.3) is 10.2 Å². The van der Waals surface area contributed by atoms with Crippen molar-refractivity contribution in [2.24, 2.45) is 0 Å². The maximum absolute atomic E-state index is 12.8. The summed E-state index contributed by atoms with van der Waals surface area (Å²) >= 11 is 0. The van der Waals surface area contributed by atoms with Crippen LogP contribution in [0.1, 0.15) is 25.5 Å². The summed E-state index contributed by atoms with van der Waals surface area (Å²) in [4.78, 5) is 13.8. The highest BCUT2D eigenvalue weighted by Gasteiger charge is 2.34. The van der Waals surface area contributed by atoms with Crippen LogP contribution in [0.5, 0.6) is 0 Å². The highest BCUT2D eigenvalue weighted by Crippen LogP contribution is 2.24. The molecular weight excluding hydrogens is 342 g/mol. The lowest BCUT2D eigenvalue weighted by Crippen LogP contribution is -2.50. The largest absolute Gasteiger partial charge is 0.371 e. The average Bonchev–Trinajstić information content (AvgIpc) is 2.63. The molecule has 25 heavy (non-hydrogen) atoms. The molecule has 1 aromatic carbocycles. The molecule has 2 rings (SSSR count).